The molecule has 0 unspecified atom stereocenters. The van der Waals surface area contributed by atoms with Crippen molar-refractivity contribution in [3.63, 3.8) is 0 Å². The number of carboxylic acids is 1. The van der Waals surface area contributed by atoms with E-state index >= 15 is 0 Å². The van der Waals surface area contributed by atoms with Crippen LogP contribution in [0.5, 0.6) is 11.5 Å². The number of allylic oxidation sites excluding steroid dienone is 2. The molecule has 1 N–H and O–H groups in total. The number of rotatable bonds is 6. The van der Waals surface area contributed by atoms with Crippen LogP contribution in [-0.2, 0) is 0 Å². The second-order valence-corrected chi connectivity index (χ2v) is 7.86. The fraction of sp³-hybridized carbons (Fsp3) is 0.320. The van der Waals surface area contributed by atoms with E-state index in [-0.39, 0.29) is 23.3 Å². The maximum atomic E-state index is 13.2. The van der Waals surface area contributed by atoms with E-state index in [2.05, 4.69) is 12.2 Å². The zero-order chi connectivity index (χ0) is 22.7. The zero-order valence-electron chi connectivity index (χ0n) is 18.2. The standard InChI is InChI=1S/C25H26N2O5/c1-3-32-22-14-18(12-13-21(22)31-2)23-20-7-5-4-6-19(20)15-27(26-23)24(28)16-8-10-17(11-9-16)25(29)30/h4-5,8-14,19-20H,3,6-7,15H2,1-2H3,(H,29,30)/t19-,20-/m0/s1. The minimum Gasteiger partial charge on any atom is -0.493 e. The first-order valence-corrected chi connectivity index (χ1v) is 10.7. The predicted molar refractivity (Wildman–Crippen MR) is 120 cm³/mol. The molecule has 0 fully saturated rings. The van der Waals surface area contributed by atoms with Crippen molar-refractivity contribution in [2.24, 2.45) is 16.9 Å². The summed E-state index contributed by atoms with van der Waals surface area (Å²) in [5.74, 6) is 0.493. The third kappa shape index (κ3) is 4.23. The van der Waals surface area contributed by atoms with Gasteiger partial charge in [-0.05, 0) is 68.1 Å². The molecular weight excluding hydrogens is 408 g/mol. The van der Waals surface area contributed by atoms with Gasteiger partial charge in [0.15, 0.2) is 11.5 Å². The van der Waals surface area contributed by atoms with E-state index < -0.39 is 5.97 Å². The summed E-state index contributed by atoms with van der Waals surface area (Å²) < 4.78 is 11.2. The van der Waals surface area contributed by atoms with E-state index in [4.69, 9.17) is 19.7 Å². The van der Waals surface area contributed by atoms with Crippen LogP contribution in [0.15, 0.2) is 59.7 Å². The van der Waals surface area contributed by atoms with Gasteiger partial charge in [0.1, 0.15) is 0 Å². The molecule has 1 amide bonds. The minimum absolute atomic E-state index is 0.142. The van der Waals surface area contributed by atoms with E-state index in [0.29, 0.717) is 30.2 Å². The van der Waals surface area contributed by atoms with Gasteiger partial charge in [0.2, 0.25) is 0 Å². The number of amides is 1. The highest BCUT2D eigenvalue weighted by molar-refractivity contribution is 6.05. The molecule has 1 aliphatic carbocycles. The quantitative estimate of drug-likeness (QED) is 0.687. The number of ether oxygens (including phenoxy) is 2. The zero-order valence-corrected chi connectivity index (χ0v) is 18.2. The number of methoxy groups -OCH3 is 1. The normalized spacial score (nSPS) is 19.7. The van der Waals surface area contributed by atoms with Crippen LogP contribution in [0.25, 0.3) is 0 Å². The van der Waals surface area contributed by atoms with E-state index in [1.54, 1.807) is 7.11 Å². The maximum Gasteiger partial charge on any atom is 0.335 e. The molecule has 7 heteroatoms. The molecule has 2 aromatic rings. The molecule has 7 nitrogen and oxygen atoms in total. The second-order valence-electron chi connectivity index (χ2n) is 7.86. The fourth-order valence-corrected chi connectivity index (χ4v) is 4.28. The highest BCUT2D eigenvalue weighted by Gasteiger charge is 2.36. The minimum atomic E-state index is -1.02. The summed E-state index contributed by atoms with van der Waals surface area (Å²) in [6.45, 7) is 2.95. The van der Waals surface area contributed by atoms with Gasteiger partial charge in [-0.3, -0.25) is 4.79 Å². The van der Waals surface area contributed by atoms with Gasteiger partial charge in [-0.1, -0.05) is 12.2 Å². The Morgan fingerprint density at radius 2 is 1.78 bits per heavy atom. The molecular formula is C25H26N2O5. The summed E-state index contributed by atoms with van der Waals surface area (Å²) in [6, 6.07) is 11.7. The number of fused-ring (bicyclic) bond motifs is 1. The Bertz CT molecular complexity index is 1070. The van der Waals surface area contributed by atoms with Gasteiger partial charge in [-0.15, -0.1) is 0 Å². The van der Waals surface area contributed by atoms with E-state index in [0.717, 1.165) is 24.1 Å². The molecule has 4 rings (SSSR count). The lowest BCUT2D eigenvalue weighted by Gasteiger charge is -2.37. The van der Waals surface area contributed by atoms with Crippen LogP contribution in [0.4, 0.5) is 0 Å². The summed E-state index contributed by atoms with van der Waals surface area (Å²) in [4.78, 5) is 24.3. The number of carboxylic acid groups (broad SMARTS) is 1. The Balaban J connectivity index is 1.70. The van der Waals surface area contributed by atoms with Crippen LogP contribution < -0.4 is 9.47 Å². The summed E-state index contributed by atoms with van der Waals surface area (Å²) in [5, 5.41) is 15.4. The number of nitrogens with zero attached hydrogens (tertiary/aromatic N) is 2. The summed E-state index contributed by atoms with van der Waals surface area (Å²) >= 11 is 0. The average Bonchev–Trinajstić information content (AvgIpc) is 2.83. The lowest BCUT2D eigenvalue weighted by molar-refractivity contribution is 0.0684. The SMILES string of the molecule is CCOc1cc(C2=NN(C(=O)c3ccc(C(=O)O)cc3)C[C@@H]3CC=CC[C@H]23)ccc1OC. The molecule has 2 aromatic carbocycles. The van der Waals surface area contributed by atoms with Gasteiger partial charge in [0.25, 0.3) is 5.91 Å². The van der Waals surface area contributed by atoms with Crippen LogP contribution in [0.3, 0.4) is 0 Å². The molecule has 0 saturated heterocycles. The van der Waals surface area contributed by atoms with Crippen molar-refractivity contribution in [1.29, 1.82) is 0 Å². The van der Waals surface area contributed by atoms with Crippen molar-refractivity contribution in [3.05, 3.63) is 71.3 Å². The van der Waals surface area contributed by atoms with Crippen LogP contribution in [-0.4, -0.2) is 48.0 Å². The molecule has 0 radical (unpaired) electrons. The number of hydrogen-bond donors (Lipinski definition) is 1. The predicted octanol–water partition coefficient (Wildman–Crippen LogP) is 4.23. The van der Waals surface area contributed by atoms with Crippen molar-refractivity contribution in [2.75, 3.05) is 20.3 Å². The monoisotopic (exact) mass is 434 g/mol. The lowest BCUT2D eigenvalue weighted by atomic mass is 9.77. The summed E-state index contributed by atoms with van der Waals surface area (Å²) in [5.41, 5.74) is 2.30. The van der Waals surface area contributed by atoms with Gasteiger partial charge in [0.05, 0.1) is 25.0 Å². The number of carbonyl (C=O) groups is 2. The van der Waals surface area contributed by atoms with Crippen LogP contribution >= 0.6 is 0 Å². The van der Waals surface area contributed by atoms with Crippen molar-refractivity contribution in [3.8, 4) is 11.5 Å². The third-order valence-corrected chi connectivity index (χ3v) is 5.92. The molecule has 2 aliphatic rings. The van der Waals surface area contributed by atoms with Crippen molar-refractivity contribution >= 4 is 17.6 Å². The van der Waals surface area contributed by atoms with E-state index in [1.165, 1.54) is 29.3 Å². The van der Waals surface area contributed by atoms with E-state index in [9.17, 15) is 9.59 Å². The van der Waals surface area contributed by atoms with Crippen molar-refractivity contribution in [2.45, 2.75) is 19.8 Å². The lowest BCUT2D eigenvalue weighted by Crippen LogP contribution is -2.43. The largest absolute Gasteiger partial charge is 0.493 e. The van der Waals surface area contributed by atoms with Crippen LogP contribution in [0.1, 0.15) is 46.0 Å². The third-order valence-electron chi connectivity index (χ3n) is 5.92. The maximum absolute atomic E-state index is 13.2. The van der Waals surface area contributed by atoms with Gasteiger partial charge in [0, 0.05) is 23.6 Å². The van der Waals surface area contributed by atoms with Crippen LogP contribution in [0.2, 0.25) is 0 Å². The highest BCUT2D eigenvalue weighted by atomic mass is 16.5. The smallest absolute Gasteiger partial charge is 0.335 e. The Morgan fingerprint density at radius 3 is 2.47 bits per heavy atom. The molecule has 166 valence electrons. The topological polar surface area (TPSA) is 88.4 Å². The van der Waals surface area contributed by atoms with Gasteiger partial charge < -0.3 is 14.6 Å². The molecule has 2 atom stereocenters. The molecule has 0 aromatic heterocycles. The molecule has 0 saturated carbocycles. The Labute approximate surface area is 187 Å². The number of hydrogen-bond acceptors (Lipinski definition) is 5. The number of hydrazone groups is 1. The molecule has 1 heterocycles. The first-order chi connectivity index (χ1) is 15.5. The van der Waals surface area contributed by atoms with Gasteiger partial charge >= 0.3 is 5.97 Å². The van der Waals surface area contributed by atoms with Crippen molar-refractivity contribution in [1.82, 2.24) is 5.01 Å². The van der Waals surface area contributed by atoms with E-state index in [1.807, 2.05) is 25.1 Å². The first kappa shape index (κ1) is 21.6. The number of aromatic carboxylic acids is 1. The number of benzene rings is 2. The highest BCUT2D eigenvalue weighted by Crippen LogP contribution is 2.36. The molecule has 0 bridgehead atoms. The Hall–Kier alpha value is -3.61. The molecule has 0 spiro atoms. The number of carbonyl (C=O) groups excluding carboxylic acids is 1. The fourth-order valence-electron chi connectivity index (χ4n) is 4.28. The second kappa shape index (κ2) is 9.26. The van der Waals surface area contributed by atoms with Crippen molar-refractivity contribution < 1.29 is 24.2 Å². The Morgan fingerprint density at radius 1 is 1.06 bits per heavy atom. The van der Waals surface area contributed by atoms with Crippen LogP contribution in [0, 0.1) is 11.8 Å². The molecule has 32 heavy (non-hydrogen) atoms. The Kier molecular flexibility index (Phi) is 6.25. The average molecular weight is 434 g/mol. The van der Waals surface area contributed by atoms with Gasteiger partial charge in [-0.2, -0.15) is 5.10 Å². The summed E-state index contributed by atoms with van der Waals surface area (Å²) in [6.07, 6.45) is 6.08. The first-order valence-electron chi connectivity index (χ1n) is 10.7. The van der Waals surface area contributed by atoms with Gasteiger partial charge in [-0.25, -0.2) is 9.80 Å². The molecule has 1 aliphatic heterocycles. The summed E-state index contributed by atoms with van der Waals surface area (Å²) in [7, 11) is 1.60.